The van der Waals surface area contributed by atoms with E-state index in [2.05, 4.69) is 10.6 Å². The van der Waals surface area contributed by atoms with Crippen LogP contribution in [0.4, 0.5) is 0 Å². The number of rotatable bonds is 13. The predicted molar refractivity (Wildman–Crippen MR) is 124 cm³/mol. The largest absolute Gasteiger partial charge is 0.490 e. The van der Waals surface area contributed by atoms with Gasteiger partial charge in [0.25, 0.3) is 11.8 Å². The van der Waals surface area contributed by atoms with Gasteiger partial charge in [0, 0.05) is 30.8 Å². The molecule has 4 N–H and O–H groups in total. The molecule has 8 nitrogen and oxygen atoms in total. The van der Waals surface area contributed by atoms with Crippen LogP contribution in [0, 0.1) is 0 Å². The lowest BCUT2D eigenvalue weighted by atomic mass is 10.1. The molecule has 0 aromatic heterocycles. The average Bonchev–Trinajstić information content (AvgIpc) is 2.80. The van der Waals surface area contributed by atoms with Crippen molar-refractivity contribution in [2.45, 2.75) is 33.7 Å². The van der Waals surface area contributed by atoms with Crippen molar-refractivity contribution < 1.29 is 23.8 Å². The Balaban J connectivity index is 1.90. The fraction of sp³-hybridized carbons (Fsp3) is 0.417. The third kappa shape index (κ3) is 7.16. The van der Waals surface area contributed by atoms with Gasteiger partial charge in [-0.25, -0.2) is 0 Å². The van der Waals surface area contributed by atoms with Crippen LogP contribution in [0.25, 0.3) is 0 Å². The zero-order chi connectivity index (χ0) is 23.3. The third-order valence-electron chi connectivity index (χ3n) is 4.55. The lowest BCUT2D eigenvalue weighted by molar-refractivity contribution is 0.0951. The molecule has 0 fully saturated rings. The second kappa shape index (κ2) is 13.2. The Labute approximate surface area is 189 Å². The van der Waals surface area contributed by atoms with Gasteiger partial charge in [-0.3, -0.25) is 9.59 Å². The topological polar surface area (TPSA) is 112 Å². The van der Waals surface area contributed by atoms with E-state index in [9.17, 15) is 9.59 Å². The molecule has 0 aliphatic carbocycles. The lowest BCUT2D eigenvalue weighted by Gasteiger charge is -2.17. The highest BCUT2D eigenvalue weighted by atomic mass is 16.5. The second-order valence-corrected chi connectivity index (χ2v) is 6.87. The molecule has 0 saturated carbocycles. The van der Waals surface area contributed by atoms with Crippen molar-refractivity contribution in [2.75, 3.05) is 32.9 Å². The van der Waals surface area contributed by atoms with Gasteiger partial charge in [0.1, 0.15) is 0 Å². The van der Waals surface area contributed by atoms with E-state index >= 15 is 0 Å². The molecule has 0 spiro atoms. The van der Waals surface area contributed by atoms with Crippen LogP contribution in [-0.4, -0.2) is 44.7 Å². The first kappa shape index (κ1) is 25.0. The first-order valence-electron chi connectivity index (χ1n) is 11.0. The summed E-state index contributed by atoms with van der Waals surface area (Å²) in [4.78, 5) is 24.8. The monoisotopic (exact) mass is 443 g/mol. The first-order chi connectivity index (χ1) is 15.5. The van der Waals surface area contributed by atoms with E-state index in [1.807, 2.05) is 32.9 Å². The molecule has 2 aromatic carbocycles. The van der Waals surface area contributed by atoms with Gasteiger partial charge in [-0.15, -0.1) is 0 Å². The van der Waals surface area contributed by atoms with Crippen LogP contribution in [0.2, 0.25) is 0 Å². The Bertz CT molecular complexity index is 857. The molecule has 0 bridgehead atoms. The van der Waals surface area contributed by atoms with E-state index in [-0.39, 0.29) is 11.8 Å². The van der Waals surface area contributed by atoms with E-state index in [1.165, 1.54) is 0 Å². The van der Waals surface area contributed by atoms with Crippen LogP contribution in [0.1, 0.15) is 53.5 Å². The highest BCUT2D eigenvalue weighted by Gasteiger charge is 2.18. The number of hydrogen-bond donors (Lipinski definition) is 3. The van der Waals surface area contributed by atoms with Gasteiger partial charge in [0.15, 0.2) is 11.5 Å². The van der Waals surface area contributed by atoms with Crippen molar-refractivity contribution in [3.8, 4) is 17.2 Å². The molecule has 174 valence electrons. The number of carbonyl (C=O) groups is 2. The van der Waals surface area contributed by atoms with Crippen molar-refractivity contribution in [1.29, 1.82) is 0 Å². The molecule has 0 aliphatic heterocycles. The van der Waals surface area contributed by atoms with Crippen molar-refractivity contribution in [3.63, 3.8) is 0 Å². The molecule has 2 rings (SSSR count). The summed E-state index contributed by atoms with van der Waals surface area (Å²) >= 11 is 0. The minimum atomic E-state index is -0.251. The number of ether oxygens (including phenoxy) is 3. The van der Waals surface area contributed by atoms with Crippen LogP contribution >= 0.6 is 0 Å². The van der Waals surface area contributed by atoms with Gasteiger partial charge >= 0.3 is 0 Å². The zero-order valence-electron chi connectivity index (χ0n) is 19.0. The summed E-state index contributed by atoms with van der Waals surface area (Å²) in [6.07, 6.45) is 0.589. The normalized spacial score (nSPS) is 10.4. The molecule has 0 aliphatic rings. The van der Waals surface area contributed by atoms with E-state index in [1.54, 1.807) is 24.3 Å². The Kier molecular flexibility index (Phi) is 10.3. The van der Waals surface area contributed by atoms with Gasteiger partial charge in [-0.1, -0.05) is 12.1 Å². The number of amides is 2. The Morgan fingerprint density at radius 3 is 1.75 bits per heavy atom. The SMILES string of the molecule is CCOc1cc(C(=O)NCCCNC(=O)c2ccc(CN)cc2)cc(OCC)c1OCC. The molecule has 0 radical (unpaired) electrons. The third-order valence-corrected chi connectivity index (χ3v) is 4.55. The summed E-state index contributed by atoms with van der Waals surface area (Å²) in [5.74, 6) is 1.03. The second-order valence-electron chi connectivity index (χ2n) is 6.87. The maximum atomic E-state index is 12.6. The molecular formula is C24H33N3O5. The fourth-order valence-electron chi connectivity index (χ4n) is 3.01. The van der Waals surface area contributed by atoms with Gasteiger partial charge < -0.3 is 30.6 Å². The summed E-state index contributed by atoms with van der Waals surface area (Å²) in [7, 11) is 0. The van der Waals surface area contributed by atoms with Crippen LogP contribution in [-0.2, 0) is 6.54 Å². The van der Waals surface area contributed by atoms with Crippen molar-refractivity contribution in [1.82, 2.24) is 10.6 Å². The number of nitrogens with two attached hydrogens (primary N) is 1. The smallest absolute Gasteiger partial charge is 0.251 e. The Hall–Kier alpha value is -3.26. The van der Waals surface area contributed by atoms with Crippen LogP contribution in [0.5, 0.6) is 17.2 Å². The highest BCUT2D eigenvalue weighted by molar-refractivity contribution is 5.95. The molecule has 0 unspecified atom stereocenters. The molecular weight excluding hydrogens is 410 g/mol. The summed E-state index contributed by atoms with van der Waals surface area (Å²) in [6, 6.07) is 10.5. The molecule has 0 atom stereocenters. The van der Waals surface area contributed by atoms with Crippen molar-refractivity contribution >= 4 is 11.8 Å². The lowest BCUT2D eigenvalue weighted by Crippen LogP contribution is -2.30. The quantitative estimate of drug-likeness (QED) is 0.411. The number of nitrogens with one attached hydrogen (secondary N) is 2. The molecule has 0 saturated heterocycles. The van der Waals surface area contributed by atoms with Gasteiger partial charge in [0.2, 0.25) is 5.75 Å². The van der Waals surface area contributed by atoms with E-state index in [4.69, 9.17) is 19.9 Å². The Morgan fingerprint density at radius 1 is 0.781 bits per heavy atom. The van der Waals surface area contributed by atoms with E-state index in [0.717, 1.165) is 5.56 Å². The molecule has 2 amide bonds. The molecule has 2 aromatic rings. The summed E-state index contributed by atoms with van der Waals surface area (Å²) in [6.45, 7) is 8.22. The average molecular weight is 444 g/mol. The Morgan fingerprint density at radius 2 is 1.28 bits per heavy atom. The number of carbonyl (C=O) groups excluding carboxylic acids is 2. The van der Waals surface area contributed by atoms with E-state index < -0.39 is 0 Å². The first-order valence-corrected chi connectivity index (χ1v) is 11.0. The fourth-order valence-corrected chi connectivity index (χ4v) is 3.01. The molecule has 32 heavy (non-hydrogen) atoms. The zero-order valence-corrected chi connectivity index (χ0v) is 19.0. The summed E-state index contributed by atoms with van der Waals surface area (Å²) in [5, 5.41) is 5.71. The van der Waals surface area contributed by atoms with Gasteiger partial charge in [-0.05, 0) is 57.0 Å². The summed E-state index contributed by atoms with van der Waals surface area (Å²) in [5.41, 5.74) is 7.54. The van der Waals surface area contributed by atoms with Crippen LogP contribution in [0.3, 0.4) is 0 Å². The molecule has 8 heteroatoms. The minimum Gasteiger partial charge on any atom is -0.490 e. The maximum Gasteiger partial charge on any atom is 0.251 e. The van der Waals surface area contributed by atoms with Crippen molar-refractivity contribution in [3.05, 3.63) is 53.1 Å². The van der Waals surface area contributed by atoms with E-state index in [0.29, 0.717) is 74.3 Å². The van der Waals surface area contributed by atoms with Gasteiger partial charge in [-0.2, -0.15) is 0 Å². The minimum absolute atomic E-state index is 0.158. The predicted octanol–water partition coefficient (Wildman–Crippen LogP) is 2.89. The number of benzene rings is 2. The van der Waals surface area contributed by atoms with Gasteiger partial charge in [0.05, 0.1) is 19.8 Å². The summed E-state index contributed by atoms with van der Waals surface area (Å²) < 4.78 is 17.0. The number of hydrogen-bond acceptors (Lipinski definition) is 6. The molecule has 0 heterocycles. The van der Waals surface area contributed by atoms with Crippen LogP contribution in [0.15, 0.2) is 36.4 Å². The van der Waals surface area contributed by atoms with Crippen LogP contribution < -0.4 is 30.6 Å². The maximum absolute atomic E-state index is 12.6. The highest BCUT2D eigenvalue weighted by Crippen LogP contribution is 2.39. The van der Waals surface area contributed by atoms with Crippen molar-refractivity contribution in [2.24, 2.45) is 5.73 Å². The standard InChI is InChI=1S/C24H33N3O5/c1-4-30-20-14-19(15-21(31-5-2)22(20)32-6-3)24(29)27-13-7-12-26-23(28)18-10-8-17(16-25)9-11-18/h8-11,14-15H,4-7,12-13,16,25H2,1-3H3,(H,26,28)(H,27,29).